The largest absolute Gasteiger partial charge is 0.484 e. The fourth-order valence-electron chi connectivity index (χ4n) is 6.01. The quantitative estimate of drug-likeness (QED) is 0.389. The second-order valence-electron chi connectivity index (χ2n) is 11.5. The van der Waals surface area contributed by atoms with Gasteiger partial charge in [0.15, 0.2) is 22.7 Å². The van der Waals surface area contributed by atoms with E-state index < -0.39 is 51.1 Å². The summed E-state index contributed by atoms with van der Waals surface area (Å²) in [5.41, 5.74) is -1.21. The molecule has 2 atom stereocenters. The Labute approximate surface area is 258 Å². The number of hydrogen-bond donors (Lipinski definition) is 1. The lowest BCUT2D eigenvalue weighted by Crippen LogP contribution is -2.52. The van der Waals surface area contributed by atoms with E-state index in [1.807, 2.05) is 36.4 Å². The molecule has 1 heterocycles. The van der Waals surface area contributed by atoms with E-state index in [0.29, 0.717) is 25.7 Å². The van der Waals surface area contributed by atoms with E-state index in [4.69, 9.17) is 16.3 Å². The first-order valence-electron chi connectivity index (χ1n) is 14.3. The van der Waals surface area contributed by atoms with Gasteiger partial charge >= 0.3 is 12.3 Å². The van der Waals surface area contributed by atoms with Crippen LogP contribution < -0.4 is 10.1 Å². The fraction of sp³-hybridized carbons (Fsp3) is 0.500. The highest BCUT2D eigenvalue weighted by Gasteiger charge is 2.52. The Morgan fingerprint density at radius 1 is 1.07 bits per heavy atom. The van der Waals surface area contributed by atoms with Crippen molar-refractivity contribution < 1.29 is 40.7 Å². The van der Waals surface area contributed by atoms with Gasteiger partial charge in [0, 0.05) is 19.0 Å². The minimum absolute atomic E-state index is 0.263. The molecule has 2 aromatic rings. The average Bonchev–Trinajstić information content (AvgIpc) is 3.64. The van der Waals surface area contributed by atoms with E-state index in [2.05, 4.69) is 10.1 Å². The Hall–Kier alpha value is -3.50. The maximum atomic E-state index is 14.5. The zero-order valence-electron chi connectivity index (χ0n) is 23.6. The number of ether oxygens (including phenoxy) is 2. The monoisotopic (exact) mass is 653 g/mol. The Morgan fingerprint density at radius 2 is 1.75 bits per heavy atom. The number of nitriles is 1. The molecule has 0 radical (unpaired) electrons. The van der Waals surface area contributed by atoms with Crippen molar-refractivity contribution in [3.63, 3.8) is 0 Å². The molecule has 1 saturated heterocycles. The normalized spacial score (nSPS) is 22.5. The number of carbonyl (C=O) groups is 2. The number of alkyl halides is 3. The van der Waals surface area contributed by atoms with E-state index in [0.717, 1.165) is 43.0 Å². The summed E-state index contributed by atoms with van der Waals surface area (Å²) in [7, 11) is -4.27. The van der Waals surface area contributed by atoms with Crippen molar-refractivity contribution in [3.05, 3.63) is 59.1 Å². The zero-order valence-corrected chi connectivity index (χ0v) is 25.2. The van der Waals surface area contributed by atoms with E-state index in [-0.39, 0.29) is 34.5 Å². The molecule has 1 aliphatic heterocycles. The average molecular weight is 654 g/mol. The summed E-state index contributed by atoms with van der Waals surface area (Å²) in [5.74, 6) is -0.622. The summed E-state index contributed by atoms with van der Waals surface area (Å²) in [6.45, 7) is -1.88. The topological polar surface area (TPSA) is 126 Å². The molecule has 0 unspecified atom stereocenters. The number of benzene rings is 2. The highest BCUT2D eigenvalue weighted by molar-refractivity contribution is 7.92. The number of rotatable bonds is 8. The Bertz CT molecular complexity index is 1550. The number of alkyl carbamates (subject to hydrolysis) is 1. The van der Waals surface area contributed by atoms with Crippen LogP contribution in [-0.4, -0.2) is 61.7 Å². The summed E-state index contributed by atoms with van der Waals surface area (Å²) in [6.07, 6.45) is -2.59. The van der Waals surface area contributed by atoms with Gasteiger partial charge in [-0.1, -0.05) is 61.2 Å². The van der Waals surface area contributed by atoms with Crippen molar-refractivity contribution in [2.24, 2.45) is 0 Å². The van der Waals surface area contributed by atoms with Gasteiger partial charge < -0.3 is 19.7 Å². The first-order chi connectivity index (χ1) is 20.8. The molecule has 44 heavy (non-hydrogen) atoms. The van der Waals surface area contributed by atoms with Crippen LogP contribution >= 0.6 is 11.6 Å². The Morgan fingerprint density at radius 3 is 2.34 bits per heavy atom. The Balaban J connectivity index is 1.44. The van der Waals surface area contributed by atoms with Crippen molar-refractivity contribution in [3.8, 4) is 11.8 Å². The van der Waals surface area contributed by atoms with Crippen LogP contribution in [-0.2, 0) is 24.8 Å². The molecule has 2 amide bonds. The first-order valence-corrected chi connectivity index (χ1v) is 16.2. The third-order valence-electron chi connectivity index (χ3n) is 8.52. The van der Waals surface area contributed by atoms with Crippen molar-refractivity contribution in [1.29, 1.82) is 5.26 Å². The zero-order chi connectivity index (χ0) is 31.8. The molecule has 2 saturated carbocycles. The van der Waals surface area contributed by atoms with Crippen LogP contribution in [0.1, 0.15) is 56.9 Å². The third-order valence-corrected chi connectivity index (χ3v) is 11.1. The number of hydrogen-bond acceptors (Lipinski definition) is 7. The first kappa shape index (κ1) is 31.9. The summed E-state index contributed by atoms with van der Waals surface area (Å²) in [4.78, 5) is 28.3. The molecule has 9 nitrogen and oxygen atoms in total. The van der Waals surface area contributed by atoms with Gasteiger partial charge in [-0.05, 0) is 43.4 Å². The van der Waals surface area contributed by atoms with Gasteiger partial charge in [0.2, 0.25) is 5.91 Å². The minimum Gasteiger partial charge on any atom is -0.484 e. The third kappa shape index (κ3) is 6.61. The molecular formula is C30H31ClF3N3O6S. The molecule has 0 spiro atoms. The SMILES string of the molecule is N#CC1(NC(=O)O[C@H]2C[C@@H](S(=O)(=O)c3ccc(OCC(F)(F)F)cc3Cl)CN2C(=O)C2(c3ccccc3)CCCCC2)CC1. The number of sulfone groups is 1. The van der Waals surface area contributed by atoms with Crippen LogP contribution in [0.3, 0.4) is 0 Å². The maximum Gasteiger partial charge on any atom is 0.422 e. The predicted molar refractivity (Wildman–Crippen MR) is 152 cm³/mol. The summed E-state index contributed by atoms with van der Waals surface area (Å²) in [5, 5.41) is 10.3. The van der Waals surface area contributed by atoms with Crippen molar-refractivity contribution in [2.45, 2.75) is 84.9 Å². The van der Waals surface area contributed by atoms with Crippen LogP contribution in [0, 0.1) is 11.3 Å². The van der Waals surface area contributed by atoms with Gasteiger partial charge in [-0.15, -0.1) is 0 Å². The molecular weight excluding hydrogens is 623 g/mol. The molecule has 5 rings (SSSR count). The molecule has 3 fully saturated rings. The standard InChI is InChI=1S/C30H31ClF3N3O6S/c31-23-15-21(42-19-30(32,33)34)9-10-24(23)44(40,41)22-16-25(43-27(39)36-28(18-35)13-14-28)37(17-22)26(38)29(11-5-2-6-12-29)20-7-3-1-4-8-20/h1,3-4,7-10,15,22,25H,2,5-6,11-14,16-17,19H2,(H,36,39)/t22-,25+/m1/s1. The number of nitrogens with zero attached hydrogens (tertiary/aromatic N) is 2. The van der Waals surface area contributed by atoms with Gasteiger partial charge in [0.25, 0.3) is 0 Å². The molecule has 14 heteroatoms. The molecule has 3 aliphatic rings. The summed E-state index contributed by atoms with van der Waals surface area (Å²) >= 11 is 6.23. The second kappa shape index (κ2) is 12.1. The van der Waals surface area contributed by atoms with Crippen LogP contribution in [0.4, 0.5) is 18.0 Å². The van der Waals surface area contributed by atoms with Gasteiger partial charge in [-0.3, -0.25) is 4.79 Å². The molecule has 1 N–H and O–H groups in total. The van der Waals surface area contributed by atoms with Crippen LogP contribution in [0.2, 0.25) is 5.02 Å². The van der Waals surface area contributed by atoms with E-state index in [9.17, 15) is 36.4 Å². The van der Waals surface area contributed by atoms with Gasteiger partial charge in [0.05, 0.1) is 26.7 Å². The molecule has 236 valence electrons. The highest BCUT2D eigenvalue weighted by Crippen LogP contribution is 2.44. The molecule has 2 aromatic carbocycles. The number of amides is 2. The fourth-order valence-corrected chi connectivity index (χ4v) is 8.23. The van der Waals surface area contributed by atoms with Crippen molar-refractivity contribution >= 4 is 33.4 Å². The smallest absolute Gasteiger partial charge is 0.422 e. The van der Waals surface area contributed by atoms with E-state index >= 15 is 0 Å². The number of nitrogens with one attached hydrogen (secondary N) is 1. The summed E-state index contributed by atoms with van der Waals surface area (Å²) in [6, 6.07) is 14.4. The highest BCUT2D eigenvalue weighted by atomic mass is 35.5. The lowest BCUT2D eigenvalue weighted by molar-refractivity contribution is -0.153. The number of likely N-dealkylation sites (tertiary alicyclic amines) is 1. The summed E-state index contributed by atoms with van der Waals surface area (Å²) < 4.78 is 75.8. The molecule has 0 bridgehead atoms. The van der Waals surface area contributed by atoms with E-state index in [1.165, 1.54) is 4.90 Å². The van der Waals surface area contributed by atoms with Gasteiger partial charge in [-0.25, -0.2) is 13.2 Å². The van der Waals surface area contributed by atoms with Crippen molar-refractivity contribution in [2.75, 3.05) is 13.2 Å². The number of carbonyl (C=O) groups excluding carboxylic acids is 2. The maximum absolute atomic E-state index is 14.5. The van der Waals surface area contributed by atoms with Crippen LogP contribution in [0.5, 0.6) is 5.75 Å². The van der Waals surface area contributed by atoms with Crippen LogP contribution in [0.25, 0.3) is 0 Å². The van der Waals surface area contributed by atoms with Gasteiger partial charge in [0.1, 0.15) is 11.3 Å². The van der Waals surface area contributed by atoms with E-state index in [1.54, 1.807) is 0 Å². The van der Waals surface area contributed by atoms with Crippen LogP contribution in [0.15, 0.2) is 53.4 Å². The molecule has 0 aromatic heterocycles. The lowest BCUT2D eigenvalue weighted by atomic mass is 9.68. The second-order valence-corrected chi connectivity index (χ2v) is 14.1. The molecule has 2 aliphatic carbocycles. The number of halogens is 4. The van der Waals surface area contributed by atoms with Gasteiger partial charge in [-0.2, -0.15) is 18.4 Å². The van der Waals surface area contributed by atoms with Crippen molar-refractivity contribution in [1.82, 2.24) is 10.2 Å². The Kier molecular flexibility index (Phi) is 8.79. The lowest BCUT2D eigenvalue weighted by Gasteiger charge is -2.40. The minimum atomic E-state index is -4.60. The predicted octanol–water partition coefficient (Wildman–Crippen LogP) is 5.67.